The lowest BCUT2D eigenvalue weighted by molar-refractivity contribution is 0.100. The van der Waals surface area contributed by atoms with Gasteiger partial charge in [-0.05, 0) is 42.1 Å². The number of aromatic nitrogens is 1. The maximum absolute atomic E-state index is 13.6. The van der Waals surface area contributed by atoms with Gasteiger partial charge in [0.2, 0.25) is 5.78 Å². The van der Waals surface area contributed by atoms with Crippen molar-refractivity contribution >= 4 is 44.7 Å². The largest absolute Gasteiger partial charge is 0.340 e. The molecule has 0 N–H and O–H groups in total. The maximum Gasteiger partial charge on any atom is 0.203 e. The average Bonchev–Trinajstić information content (AvgIpc) is 3.53. The third-order valence-electron chi connectivity index (χ3n) is 6.43. The van der Waals surface area contributed by atoms with E-state index in [0.29, 0.717) is 21.6 Å². The standard InChI is InChI=1S/C30H27NO2S/c1-2-3-4-9-18-31-26-14-8-7-11-22(26)25-20-21(16-17-27(25)31)29(32)23-12-5-6-13-24(23)30(33)28-15-10-19-34-28/h5-8,10-17,19-20H,2-4,9,18H2,1H3. The topological polar surface area (TPSA) is 39.1 Å². The van der Waals surface area contributed by atoms with E-state index in [1.807, 2.05) is 41.8 Å². The Morgan fingerprint density at radius 3 is 2.24 bits per heavy atom. The summed E-state index contributed by atoms with van der Waals surface area (Å²) in [5.74, 6) is -0.231. The molecule has 0 fully saturated rings. The van der Waals surface area contributed by atoms with Crippen LogP contribution in [0.5, 0.6) is 0 Å². The Morgan fingerprint density at radius 2 is 1.47 bits per heavy atom. The van der Waals surface area contributed by atoms with Crippen LogP contribution < -0.4 is 0 Å². The Kier molecular flexibility index (Phi) is 6.41. The molecule has 0 saturated carbocycles. The number of aryl methyl sites for hydroxylation is 1. The molecule has 0 bridgehead atoms. The third-order valence-corrected chi connectivity index (χ3v) is 7.30. The minimum atomic E-state index is -0.123. The normalized spacial score (nSPS) is 11.3. The second kappa shape index (κ2) is 9.78. The minimum absolute atomic E-state index is 0.108. The fraction of sp³-hybridized carbons (Fsp3) is 0.200. The second-order valence-corrected chi connectivity index (χ2v) is 9.59. The fourth-order valence-electron chi connectivity index (χ4n) is 4.71. The number of fused-ring (bicyclic) bond motifs is 3. The quantitative estimate of drug-likeness (QED) is 0.164. The van der Waals surface area contributed by atoms with Gasteiger partial charge in [0.05, 0.1) is 4.88 Å². The minimum Gasteiger partial charge on any atom is -0.340 e. The number of hydrogen-bond acceptors (Lipinski definition) is 3. The van der Waals surface area contributed by atoms with Gasteiger partial charge in [0.1, 0.15) is 0 Å². The molecule has 2 aromatic heterocycles. The zero-order chi connectivity index (χ0) is 23.5. The van der Waals surface area contributed by atoms with E-state index < -0.39 is 0 Å². The highest BCUT2D eigenvalue weighted by Crippen LogP contribution is 2.31. The van der Waals surface area contributed by atoms with Gasteiger partial charge in [-0.1, -0.05) is 74.7 Å². The Hall–Kier alpha value is -3.50. The molecule has 3 aromatic carbocycles. The first kappa shape index (κ1) is 22.3. The summed E-state index contributed by atoms with van der Waals surface area (Å²) in [4.78, 5) is 27.3. The predicted molar refractivity (Wildman–Crippen MR) is 141 cm³/mol. The summed E-state index contributed by atoms with van der Waals surface area (Å²) in [5.41, 5.74) is 3.86. The predicted octanol–water partition coefficient (Wildman–Crippen LogP) is 7.90. The van der Waals surface area contributed by atoms with E-state index in [0.717, 1.165) is 29.3 Å². The fourth-order valence-corrected chi connectivity index (χ4v) is 5.39. The van der Waals surface area contributed by atoms with E-state index in [1.165, 1.54) is 36.1 Å². The summed E-state index contributed by atoms with van der Waals surface area (Å²) >= 11 is 1.39. The number of rotatable bonds is 9. The van der Waals surface area contributed by atoms with Crippen LogP contribution in [-0.2, 0) is 6.54 Å². The van der Waals surface area contributed by atoms with Crippen LogP contribution in [-0.4, -0.2) is 16.1 Å². The molecule has 0 amide bonds. The molecule has 34 heavy (non-hydrogen) atoms. The van der Waals surface area contributed by atoms with E-state index in [2.05, 4.69) is 35.8 Å². The molecule has 0 aliphatic carbocycles. The summed E-state index contributed by atoms with van der Waals surface area (Å²) in [5, 5.41) is 4.12. The molecular weight excluding hydrogens is 438 g/mol. The van der Waals surface area contributed by atoms with E-state index >= 15 is 0 Å². The smallest absolute Gasteiger partial charge is 0.203 e. The summed E-state index contributed by atoms with van der Waals surface area (Å²) in [6, 6.07) is 25.2. The number of ketones is 2. The number of unbranched alkanes of at least 4 members (excludes halogenated alkanes) is 3. The van der Waals surface area contributed by atoms with Crippen LogP contribution in [0.4, 0.5) is 0 Å². The van der Waals surface area contributed by atoms with Gasteiger partial charge < -0.3 is 4.57 Å². The molecule has 2 heterocycles. The van der Waals surface area contributed by atoms with Gasteiger partial charge in [0.25, 0.3) is 0 Å². The van der Waals surface area contributed by atoms with Crippen LogP contribution >= 0.6 is 11.3 Å². The number of carbonyl (C=O) groups excluding carboxylic acids is 2. The first-order chi connectivity index (χ1) is 16.7. The van der Waals surface area contributed by atoms with E-state index in [9.17, 15) is 9.59 Å². The van der Waals surface area contributed by atoms with Gasteiger partial charge in [-0.25, -0.2) is 0 Å². The van der Waals surface area contributed by atoms with Gasteiger partial charge in [0, 0.05) is 45.0 Å². The first-order valence-electron chi connectivity index (χ1n) is 11.9. The van der Waals surface area contributed by atoms with Crippen molar-refractivity contribution in [1.29, 1.82) is 0 Å². The highest BCUT2D eigenvalue weighted by molar-refractivity contribution is 7.12. The third kappa shape index (κ3) is 4.10. The van der Waals surface area contributed by atoms with E-state index in [-0.39, 0.29) is 11.6 Å². The van der Waals surface area contributed by atoms with Crippen LogP contribution in [0.15, 0.2) is 84.2 Å². The van der Waals surface area contributed by atoms with Crippen molar-refractivity contribution in [2.24, 2.45) is 0 Å². The van der Waals surface area contributed by atoms with Crippen molar-refractivity contribution in [2.75, 3.05) is 0 Å². The number of carbonyl (C=O) groups is 2. The van der Waals surface area contributed by atoms with Crippen molar-refractivity contribution in [3.8, 4) is 0 Å². The molecule has 0 spiro atoms. The maximum atomic E-state index is 13.6. The lowest BCUT2D eigenvalue weighted by Crippen LogP contribution is -2.10. The van der Waals surface area contributed by atoms with Crippen LogP contribution in [0, 0.1) is 0 Å². The number of para-hydroxylation sites is 1. The molecule has 5 rings (SSSR count). The zero-order valence-electron chi connectivity index (χ0n) is 19.3. The number of thiophene rings is 1. The van der Waals surface area contributed by atoms with E-state index in [4.69, 9.17) is 0 Å². The van der Waals surface area contributed by atoms with Crippen molar-refractivity contribution in [3.63, 3.8) is 0 Å². The molecular formula is C30H27NO2S. The molecule has 4 heteroatoms. The Morgan fingerprint density at radius 1 is 0.735 bits per heavy atom. The van der Waals surface area contributed by atoms with Crippen molar-refractivity contribution in [2.45, 2.75) is 39.2 Å². The summed E-state index contributed by atoms with van der Waals surface area (Å²) in [6.45, 7) is 3.20. The molecule has 0 unspecified atom stereocenters. The van der Waals surface area contributed by atoms with Crippen LogP contribution in [0.3, 0.4) is 0 Å². The number of nitrogens with zero attached hydrogens (tertiary/aromatic N) is 1. The zero-order valence-corrected chi connectivity index (χ0v) is 20.1. The lowest BCUT2D eigenvalue weighted by Gasteiger charge is -2.09. The van der Waals surface area contributed by atoms with Crippen molar-refractivity contribution in [1.82, 2.24) is 4.57 Å². The molecule has 0 aliphatic rings. The van der Waals surface area contributed by atoms with Gasteiger partial charge in [0.15, 0.2) is 5.78 Å². The molecule has 0 atom stereocenters. The molecule has 0 radical (unpaired) electrons. The highest BCUT2D eigenvalue weighted by Gasteiger charge is 2.21. The summed E-state index contributed by atoms with van der Waals surface area (Å²) in [7, 11) is 0. The Labute approximate surface area is 203 Å². The number of hydrogen-bond donors (Lipinski definition) is 0. The SMILES string of the molecule is CCCCCCn1c2ccccc2c2cc(C(=O)c3ccccc3C(=O)c3cccs3)ccc21. The number of benzene rings is 3. The lowest BCUT2D eigenvalue weighted by atomic mass is 9.95. The van der Waals surface area contributed by atoms with E-state index in [1.54, 1.807) is 18.2 Å². The summed E-state index contributed by atoms with van der Waals surface area (Å²) in [6.07, 6.45) is 4.82. The van der Waals surface area contributed by atoms with Gasteiger partial charge in [-0.15, -0.1) is 11.3 Å². The highest BCUT2D eigenvalue weighted by atomic mass is 32.1. The Bertz CT molecular complexity index is 1480. The average molecular weight is 466 g/mol. The monoisotopic (exact) mass is 465 g/mol. The first-order valence-corrected chi connectivity index (χ1v) is 12.8. The summed E-state index contributed by atoms with van der Waals surface area (Å²) < 4.78 is 2.38. The molecule has 0 saturated heterocycles. The molecule has 5 aromatic rings. The van der Waals surface area contributed by atoms with Crippen LogP contribution in [0.2, 0.25) is 0 Å². The van der Waals surface area contributed by atoms with Gasteiger partial charge in [-0.3, -0.25) is 9.59 Å². The van der Waals surface area contributed by atoms with Crippen molar-refractivity contribution in [3.05, 3.63) is 106 Å². The van der Waals surface area contributed by atoms with Gasteiger partial charge in [-0.2, -0.15) is 0 Å². The molecule has 170 valence electrons. The second-order valence-electron chi connectivity index (χ2n) is 8.64. The Balaban J connectivity index is 1.55. The molecule has 3 nitrogen and oxygen atoms in total. The van der Waals surface area contributed by atoms with Crippen LogP contribution in [0.1, 0.15) is 63.8 Å². The molecule has 0 aliphatic heterocycles. The van der Waals surface area contributed by atoms with Crippen molar-refractivity contribution < 1.29 is 9.59 Å². The van der Waals surface area contributed by atoms with Gasteiger partial charge >= 0.3 is 0 Å². The van der Waals surface area contributed by atoms with Crippen LogP contribution in [0.25, 0.3) is 21.8 Å².